The first-order chi connectivity index (χ1) is 7.47. The van der Waals surface area contributed by atoms with Crippen molar-refractivity contribution >= 4 is 0 Å². The maximum Gasteiger partial charge on any atom is 0.172 e. The third-order valence-corrected chi connectivity index (χ3v) is 2.41. The van der Waals surface area contributed by atoms with Gasteiger partial charge in [0.15, 0.2) is 11.6 Å². The molecule has 0 fully saturated rings. The highest BCUT2D eigenvalue weighted by atomic mass is 19.1. The zero-order valence-electron chi connectivity index (χ0n) is 9.76. The standard InChI is InChI=1S/C12H17F2NO/c1-7(2)6-9(15)11-8(13)4-5-10(16-3)12(11)14/h4-5,7,9H,6,15H2,1-3H3/t9-/m0/s1. The molecule has 0 aliphatic heterocycles. The first-order valence-corrected chi connectivity index (χ1v) is 5.24. The fraction of sp³-hybridized carbons (Fsp3) is 0.500. The van der Waals surface area contributed by atoms with E-state index >= 15 is 0 Å². The Morgan fingerprint density at radius 3 is 2.44 bits per heavy atom. The second-order valence-electron chi connectivity index (χ2n) is 4.21. The summed E-state index contributed by atoms with van der Waals surface area (Å²) in [7, 11) is 1.34. The molecule has 2 nitrogen and oxygen atoms in total. The summed E-state index contributed by atoms with van der Waals surface area (Å²) in [4.78, 5) is 0. The number of hydrogen-bond donors (Lipinski definition) is 1. The van der Waals surface area contributed by atoms with Crippen molar-refractivity contribution in [2.45, 2.75) is 26.3 Å². The zero-order chi connectivity index (χ0) is 12.3. The van der Waals surface area contributed by atoms with Crippen LogP contribution in [0.25, 0.3) is 0 Å². The zero-order valence-corrected chi connectivity index (χ0v) is 9.76. The lowest BCUT2D eigenvalue weighted by Crippen LogP contribution is -2.16. The molecule has 0 radical (unpaired) electrons. The molecule has 0 bridgehead atoms. The summed E-state index contributed by atoms with van der Waals surface area (Å²) in [6.07, 6.45) is 0.529. The number of benzene rings is 1. The van der Waals surface area contributed by atoms with Gasteiger partial charge in [0.1, 0.15) is 5.82 Å². The second kappa shape index (κ2) is 5.25. The second-order valence-corrected chi connectivity index (χ2v) is 4.21. The van der Waals surface area contributed by atoms with E-state index in [0.717, 1.165) is 0 Å². The van der Waals surface area contributed by atoms with Gasteiger partial charge in [-0.05, 0) is 24.5 Å². The molecule has 0 unspecified atom stereocenters. The number of rotatable bonds is 4. The number of nitrogens with two attached hydrogens (primary N) is 1. The van der Waals surface area contributed by atoms with Crippen LogP contribution < -0.4 is 10.5 Å². The summed E-state index contributed by atoms with van der Waals surface area (Å²) >= 11 is 0. The van der Waals surface area contributed by atoms with Crippen LogP contribution in [0.2, 0.25) is 0 Å². The Bertz CT molecular complexity index is 366. The molecule has 0 aliphatic carbocycles. The SMILES string of the molecule is COc1ccc(F)c([C@@H](N)CC(C)C)c1F. The molecule has 0 saturated heterocycles. The quantitative estimate of drug-likeness (QED) is 0.861. The maximum atomic E-state index is 13.8. The summed E-state index contributed by atoms with van der Waals surface area (Å²) in [6.45, 7) is 3.91. The molecule has 0 saturated carbocycles. The van der Waals surface area contributed by atoms with Gasteiger partial charge in [-0.15, -0.1) is 0 Å². The molecule has 90 valence electrons. The van der Waals surface area contributed by atoms with Crippen molar-refractivity contribution in [3.63, 3.8) is 0 Å². The molecule has 1 atom stereocenters. The van der Waals surface area contributed by atoms with Gasteiger partial charge in [0.25, 0.3) is 0 Å². The van der Waals surface area contributed by atoms with Crippen LogP contribution in [-0.4, -0.2) is 7.11 Å². The molecular formula is C12H17F2NO. The van der Waals surface area contributed by atoms with Crippen LogP contribution in [0.4, 0.5) is 8.78 Å². The maximum absolute atomic E-state index is 13.8. The van der Waals surface area contributed by atoms with Gasteiger partial charge < -0.3 is 10.5 Å². The van der Waals surface area contributed by atoms with Gasteiger partial charge >= 0.3 is 0 Å². The minimum absolute atomic E-state index is 0.0237. The summed E-state index contributed by atoms with van der Waals surface area (Å²) in [5, 5.41) is 0. The first-order valence-electron chi connectivity index (χ1n) is 5.24. The largest absolute Gasteiger partial charge is 0.494 e. The molecule has 2 N–H and O–H groups in total. The van der Waals surface area contributed by atoms with Crippen molar-refractivity contribution in [2.75, 3.05) is 7.11 Å². The number of hydrogen-bond acceptors (Lipinski definition) is 2. The van der Waals surface area contributed by atoms with Crippen LogP contribution in [0.3, 0.4) is 0 Å². The van der Waals surface area contributed by atoms with Crippen LogP contribution >= 0.6 is 0 Å². The highest BCUT2D eigenvalue weighted by Crippen LogP contribution is 2.29. The summed E-state index contributed by atoms with van der Waals surface area (Å²) in [6, 6.07) is 1.79. The topological polar surface area (TPSA) is 35.2 Å². The van der Waals surface area contributed by atoms with Crippen molar-refractivity contribution in [1.29, 1.82) is 0 Å². The van der Waals surface area contributed by atoms with Gasteiger partial charge in [-0.2, -0.15) is 0 Å². The van der Waals surface area contributed by atoms with Gasteiger partial charge in [0.2, 0.25) is 0 Å². The van der Waals surface area contributed by atoms with E-state index in [0.29, 0.717) is 6.42 Å². The predicted octanol–water partition coefficient (Wildman–Crippen LogP) is 3.02. The van der Waals surface area contributed by atoms with Crippen molar-refractivity contribution < 1.29 is 13.5 Å². The van der Waals surface area contributed by atoms with E-state index in [1.807, 2.05) is 13.8 Å². The Labute approximate surface area is 94.4 Å². The Morgan fingerprint density at radius 1 is 1.31 bits per heavy atom. The molecule has 0 heterocycles. The van der Waals surface area contributed by atoms with Crippen molar-refractivity contribution in [3.05, 3.63) is 29.3 Å². The van der Waals surface area contributed by atoms with E-state index < -0.39 is 17.7 Å². The molecule has 4 heteroatoms. The molecule has 0 aromatic heterocycles. The van der Waals surface area contributed by atoms with E-state index in [9.17, 15) is 8.78 Å². The number of ether oxygens (including phenoxy) is 1. The highest BCUT2D eigenvalue weighted by Gasteiger charge is 2.20. The Morgan fingerprint density at radius 2 is 1.94 bits per heavy atom. The lowest BCUT2D eigenvalue weighted by atomic mass is 9.97. The molecule has 0 spiro atoms. The van der Waals surface area contributed by atoms with Crippen molar-refractivity contribution in [2.24, 2.45) is 11.7 Å². The third kappa shape index (κ3) is 2.70. The van der Waals surface area contributed by atoms with Gasteiger partial charge in [0, 0.05) is 11.6 Å². The van der Waals surface area contributed by atoms with E-state index in [2.05, 4.69) is 0 Å². The number of methoxy groups -OCH3 is 1. The van der Waals surface area contributed by atoms with Crippen LogP contribution in [0.5, 0.6) is 5.75 Å². The minimum atomic E-state index is -0.698. The smallest absolute Gasteiger partial charge is 0.172 e. The highest BCUT2D eigenvalue weighted by molar-refractivity contribution is 5.34. The monoisotopic (exact) mass is 229 g/mol. The summed E-state index contributed by atoms with van der Waals surface area (Å²) < 4.78 is 32.1. The van der Waals surface area contributed by atoms with Gasteiger partial charge in [0.05, 0.1) is 7.11 Å². The van der Waals surface area contributed by atoms with Gasteiger partial charge in [-0.3, -0.25) is 0 Å². The van der Waals surface area contributed by atoms with Gasteiger partial charge in [-0.1, -0.05) is 13.8 Å². The minimum Gasteiger partial charge on any atom is -0.494 e. The van der Waals surface area contributed by atoms with Crippen molar-refractivity contribution in [1.82, 2.24) is 0 Å². The van der Waals surface area contributed by atoms with E-state index in [1.54, 1.807) is 0 Å². The van der Waals surface area contributed by atoms with E-state index in [1.165, 1.54) is 19.2 Å². The average molecular weight is 229 g/mol. The van der Waals surface area contributed by atoms with E-state index in [-0.39, 0.29) is 17.2 Å². The molecule has 1 rings (SSSR count). The average Bonchev–Trinajstić information content (AvgIpc) is 2.16. The van der Waals surface area contributed by atoms with Crippen LogP contribution in [0.1, 0.15) is 31.9 Å². The lowest BCUT2D eigenvalue weighted by molar-refractivity contribution is 0.374. The Kier molecular flexibility index (Phi) is 4.24. The lowest BCUT2D eigenvalue weighted by Gasteiger charge is -2.17. The Hall–Kier alpha value is -1.16. The van der Waals surface area contributed by atoms with Gasteiger partial charge in [-0.25, -0.2) is 8.78 Å². The van der Waals surface area contributed by atoms with Crippen LogP contribution in [0.15, 0.2) is 12.1 Å². The fourth-order valence-electron chi connectivity index (χ4n) is 1.67. The summed E-state index contributed by atoms with van der Waals surface area (Å²) in [5.41, 5.74) is 5.70. The number of halogens is 2. The normalized spacial score (nSPS) is 12.9. The summed E-state index contributed by atoms with van der Waals surface area (Å²) in [5.74, 6) is -1.02. The molecule has 16 heavy (non-hydrogen) atoms. The third-order valence-electron chi connectivity index (χ3n) is 2.41. The van der Waals surface area contributed by atoms with Crippen LogP contribution in [-0.2, 0) is 0 Å². The molecule has 1 aromatic rings. The first kappa shape index (κ1) is 12.9. The molecule has 0 aliphatic rings. The fourth-order valence-corrected chi connectivity index (χ4v) is 1.67. The predicted molar refractivity (Wildman–Crippen MR) is 59.3 cm³/mol. The van der Waals surface area contributed by atoms with Crippen LogP contribution in [0, 0.1) is 17.6 Å². The Balaban J connectivity index is 3.10. The van der Waals surface area contributed by atoms with E-state index in [4.69, 9.17) is 10.5 Å². The van der Waals surface area contributed by atoms with Crippen molar-refractivity contribution in [3.8, 4) is 5.75 Å². The molecular weight excluding hydrogens is 212 g/mol. The molecule has 0 amide bonds. The molecule has 1 aromatic carbocycles.